The summed E-state index contributed by atoms with van der Waals surface area (Å²) in [5, 5.41) is 5.95. The average molecular weight is 235 g/mol. The Labute approximate surface area is 101 Å². The monoisotopic (exact) mass is 235 g/mol. The molecule has 17 heavy (non-hydrogen) atoms. The predicted octanol–water partition coefficient (Wildman–Crippen LogP) is 1.09. The molecule has 1 aliphatic heterocycles. The van der Waals surface area contributed by atoms with Crippen molar-refractivity contribution in [1.82, 2.24) is 10.3 Å². The van der Waals surface area contributed by atoms with Gasteiger partial charge in [-0.05, 0) is 38.4 Å². The Hall–Kier alpha value is -1.62. The van der Waals surface area contributed by atoms with Crippen molar-refractivity contribution in [2.24, 2.45) is 0 Å². The van der Waals surface area contributed by atoms with E-state index in [4.69, 9.17) is 4.74 Å². The zero-order chi connectivity index (χ0) is 12.3. The van der Waals surface area contributed by atoms with Gasteiger partial charge >= 0.3 is 0 Å². The quantitative estimate of drug-likeness (QED) is 0.823. The number of anilines is 1. The highest BCUT2D eigenvalue weighted by Crippen LogP contribution is 2.22. The van der Waals surface area contributed by atoms with Crippen molar-refractivity contribution in [3.8, 4) is 5.75 Å². The highest BCUT2D eigenvalue weighted by Gasteiger charge is 2.23. The van der Waals surface area contributed by atoms with E-state index in [-0.39, 0.29) is 11.9 Å². The maximum absolute atomic E-state index is 11.9. The van der Waals surface area contributed by atoms with E-state index in [9.17, 15) is 4.79 Å². The summed E-state index contributed by atoms with van der Waals surface area (Å²) < 4.78 is 5.17. The number of carbonyl (C=O) groups is 1. The SMILES string of the molecule is COc1ccc(C)nc1NC(=O)[C@@H]1CCCN1. The van der Waals surface area contributed by atoms with Gasteiger partial charge in [0.15, 0.2) is 11.6 Å². The van der Waals surface area contributed by atoms with Crippen LogP contribution in [0, 0.1) is 6.92 Å². The van der Waals surface area contributed by atoms with E-state index < -0.39 is 0 Å². The Balaban J connectivity index is 2.11. The first-order valence-corrected chi connectivity index (χ1v) is 5.76. The molecule has 0 unspecified atom stereocenters. The van der Waals surface area contributed by atoms with Crippen molar-refractivity contribution in [3.05, 3.63) is 17.8 Å². The van der Waals surface area contributed by atoms with Gasteiger partial charge in [0, 0.05) is 5.69 Å². The van der Waals surface area contributed by atoms with Crippen LogP contribution in [0.3, 0.4) is 0 Å². The minimum Gasteiger partial charge on any atom is -0.493 e. The molecule has 0 saturated carbocycles. The minimum atomic E-state index is -0.109. The molecular weight excluding hydrogens is 218 g/mol. The summed E-state index contributed by atoms with van der Waals surface area (Å²) in [6.45, 7) is 2.78. The Morgan fingerprint density at radius 3 is 3.06 bits per heavy atom. The molecule has 5 nitrogen and oxygen atoms in total. The number of rotatable bonds is 3. The van der Waals surface area contributed by atoms with Gasteiger partial charge in [-0.1, -0.05) is 0 Å². The van der Waals surface area contributed by atoms with E-state index >= 15 is 0 Å². The highest BCUT2D eigenvalue weighted by molar-refractivity contribution is 5.95. The van der Waals surface area contributed by atoms with Crippen LogP contribution in [0.2, 0.25) is 0 Å². The zero-order valence-corrected chi connectivity index (χ0v) is 10.1. The molecule has 1 aliphatic rings. The number of ether oxygens (including phenoxy) is 1. The molecule has 2 rings (SSSR count). The van der Waals surface area contributed by atoms with E-state index in [1.165, 1.54) is 0 Å². The van der Waals surface area contributed by atoms with Gasteiger partial charge in [-0.2, -0.15) is 0 Å². The Kier molecular flexibility index (Phi) is 3.58. The van der Waals surface area contributed by atoms with Gasteiger partial charge in [-0.25, -0.2) is 4.98 Å². The molecule has 0 aliphatic carbocycles. The van der Waals surface area contributed by atoms with Crippen LogP contribution in [0.1, 0.15) is 18.5 Å². The molecule has 1 saturated heterocycles. The molecule has 0 aromatic carbocycles. The Morgan fingerprint density at radius 2 is 2.41 bits per heavy atom. The van der Waals surface area contributed by atoms with Crippen LogP contribution in [0.5, 0.6) is 5.75 Å². The molecule has 1 atom stereocenters. The molecule has 0 spiro atoms. The standard InChI is InChI=1S/C12H17N3O2/c1-8-5-6-10(17-2)11(14-8)15-12(16)9-4-3-7-13-9/h5-6,9,13H,3-4,7H2,1-2H3,(H,14,15,16)/t9-/m0/s1. The maximum atomic E-state index is 11.9. The van der Waals surface area contributed by atoms with Crippen molar-refractivity contribution >= 4 is 11.7 Å². The molecule has 1 aromatic rings. The fourth-order valence-corrected chi connectivity index (χ4v) is 1.91. The number of amides is 1. The van der Waals surface area contributed by atoms with Crippen molar-refractivity contribution in [2.45, 2.75) is 25.8 Å². The number of hydrogen-bond acceptors (Lipinski definition) is 4. The molecule has 0 radical (unpaired) electrons. The fourth-order valence-electron chi connectivity index (χ4n) is 1.91. The van der Waals surface area contributed by atoms with Crippen LogP contribution in [-0.2, 0) is 4.79 Å². The van der Waals surface area contributed by atoms with E-state index in [0.29, 0.717) is 11.6 Å². The largest absolute Gasteiger partial charge is 0.493 e. The van der Waals surface area contributed by atoms with E-state index in [0.717, 1.165) is 25.1 Å². The van der Waals surface area contributed by atoms with Crippen LogP contribution < -0.4 is 15.4 Å². The number of hydrogen-bond donors (Lipinski definition) is 2. The van der Waals surface area contributed by atoms with Crippen molar-refractivity contribution < 1.29 is 9.53 Å². The maximum Gasteiger partial charge on any atom is 0.242 e. The van der Waals surface area contributed by atoms with Crippen LogP contribution >= 0.6 is 0 Å². The van der Waals surface area contributed by atoms with Gasteiger partial charge in [0.05, 0.1) is 13.2 Å². The highest BCUT2D eigenvalue weighted by atomic mass is 16.5. The molecule has 5 heteroatoms. The van der Waals surface area contributed by atoms with Crippen LogP contribution in [-0.4, -0.2) is 30.6 Å². The number of aromatic nitrogens is 1. The molecule has 2 heterocycles. The first kappa shape index (κ1) is 11.9. The molecular formula is C12H17N3O2. The number of nitrogens with one attached hydrogen (secondary N) is 2. The summed E-state index contributed by atoms with van der Waals surface area (Å²) in [5.74, 6) is 1.03. The van der Waals surface area contributed by atoms with Crippen LogP contribution in [0.25, 0.3) is 0 Å². The molecule has 2 N–H and O–H groups in total. The number of methoxy groups -OCH3 is 1. The lowest BCUT2D eigenvalue weighted by Crippen LogP contribution is -2.35. The van der Waals surface area contributed by atoms with E-state index in [2.05, 4.69) is 15.6 Å². The second kappa shape index (κ2) is 5.14. The topological polar surface area (TPSA) is 63.2 Å². The average Bonchev–Trinajstić information content (AvgIpc) is 2.83. The molecule has 1 fully saturated rings. The summed E-state index contributed by atoms with van der Waals surface area (Å²) in [7, 11) is 1.57. The van der Waals surface area contributed by atoms with Crippen molar-refractivity contribution in [3.63, 3.8) is 0 Å². The Morgan fingerprint density at radius 1 is 1.59 bits per heavy atom. The molecule has 92 valence electrons. The molecule has 1 amide bonds. The second-order valence-electron chi connectivity index (χ2n) is 4.14. The van der Waals surface area contributed by atoms with Crippen LogP contribution in [0.15, 0.2) is 12.1 Å². The molecule has 1 aromatic heterocycles. The summed E-state index contributed by atoms with van der Waals surface area (Å²) in [6, 6.07) is 3.55. The third kappa shape index (κ3) is 2.74. The first-order chi connectivity index (χ1) is 8.20. The van der Waals surface area contributed by atoms with Crippen molar-refractivity contribution in [1.29, 1.82) is 0 Å². The zero-order valence-electron chi connectivity index (χ0n) is 10.1. The molecule has 0 bridgehead atoms. The summed E-state index contributed by atoms with van der Waals surface area (Å²) in [6.07, 6.45) is 1.91. The fraction of sp³-hybridized carbons (Fsp3) is 0.500. The first-order valence-electron chi connectivity index (χ1n) is 5.76. The number of nitrogens with zero attached hydrogens (tertiary/aromatic N) is 1. The number of pyridine rings is 1. The lowest BCUT2D eigenvalue weighted by atomic mass is 10.2. The van der Waals surface area contributed by atoms with Gasteiger partial charge in [0.2, 0.25) is 5.91 Å². The summed E-state index contributed by atoms with van der Waals surface area (Å²) in [4.78, 5) is 16.2. The smallest absolute Gasteiger partial charge is 0.242 e. The van der Waals surface area contributed by atoms with Gasteiger partial charge in [0.25, 0.3) is 0 Å². The third-order valence-corrected chi connectivity index (χ3v) is 2.84. The minimum absolute atomic E-state index is 0.0427. The third-order valence-electron chi connectivity index (χ3n) is 2.84. The van der Waals surface area contributed by atoms with Crippen molar-refractivity contribution in [2.75, 3.05) is 19.0 Å². The van der Waals surface area contributed by atoms with E-state index in [1.807, 2.05) is 13.0 Å². The summed E-state index contributed by atoms with van der Waals surface area (Å²) >= 11 is 0. The van der Waals surface area contributed by atoms with Gasteiger partial charge in [0.1, 0.15) is 0 Å². The van der Waals surface area contributed by atoms with Gasteiger partial charge < -0.3 is 15.4 Å². The van der Waals surface area contributed by atoms with Gasteiger partial charge in [-0.3, -0.25) is 4.79 Å². The number of carbonyl (C=O) groups excluding carboxylic acids is 1. The predicted molar refractivity (Wildman–Crippen MR) is 65.2 cm³/mol. The lowest BCUT2D eigenvalue weighted by molar-refractivity contribution is -0.117. The summed E-state index contributed by atoms with van der Waals surface area (Å²) in [5.41, 5.74) is 0.848. The lowest BCUT2D eigenvalue weighted by Gasteiger charge is -2.13. The van der Waals surface area contributed by atoms with Crippen LogP contribution in [0.4, 0.5) is 5.82 Å². The Bertz CT molecular complexity index is 414. The second-order valence-corrected chi connectivity index (χ2v) is 4.14. The van der Waals surface area contributed by atoms with E-state index in [1.54, 1.807) is 13.2 Å². The van der Waals surface area contributed by atoms with Gasteiger partial charge in [-0.15, -0.1) is 0 Å². The normalized spacial score (nSPS) is 19.1. The number of aryl methyl sites for hydroxylation is 1.